The van der Waals surface area contributed by atoms with E-state index in [0.29, 0.717) is 11.8 Å². The quantitative estimate of drug-likeness (QED) is 0.760. The molecule has 0 bridgehead atoms. The zero-order chi connectivity index (χ0) is 14.5. The summed E-state index contributed by atoms with van der Waals surface area (Å²) in [5, 5.41) is 2.86. The van der Waals surface area contributed by atoms with Crippen LogP contribution in [0.5, 0.6) is 0 Å². The Kier molecular flexibility index (Phi) is 7.19. The van der Waals surface area contributed by atoms with Crippen LogP contribution >= 0.6 is 0 Å². The lowest BCUT2D eigenvalue weighted by Crippen LogP contribution is -2.44. The lowest BCUT2D eigenvalue weighted by atomic mass is 9.86. The molecule has 0 aliphatic rings. The molecule has 0 aromatic carbocycles. The van der Waals surface area contributed by atoms with Gasteiger partial charge in [0.15, 0.2) is 5.78 Å². The maximum Gasteiger partial charge on any atom is 0.223 e. The van der Waals surface area contributed by atoms with Crippen molar-refractivity contribution in [1.29, 1.82) is 0 Å². The molecule has 0 radical (unpaired) electrons. The predicted molar refractivity (Wildman–Crippen MR) is 75.2 cm³/mol. The summed E-state index contributed by atoms with van der Waals surface area (Å²) in [6.45, 7) is 13.8. The minimum Gasteiger partial charge on any atom is -0.346 e. The molecule has 0 aliphatic carbocycles. The predicted octanol–water partition coefficient (Wildman–Crippen LogP) is 3.03. The number of carbonyl (C=O) groups is 2. The van der Waals surface area contributed by atoms with E-state index < -0.39 is 0 Å². The van der Waals surface area contributed by atoms with Gasteiger partial charge >= 0.3 is 0 Å². The summed E-state index contributed by atoms with van der Waals surface area (Å²) in [4.78, 5) is 24.0. The van der Waals surface area contributed by atoms with Gasteiger partial charge in [-0.1, -0.05) is 41.5 Å². The van der Waals surface area contributed by atoms with Crippen molar-refractivity contribution in [2.75, 3.05) is 0 Å². The van der Waals surface area contributed by atoms with Gasteiger partial charge in [-0.2, -0.15) is 0 Å². The van der Waals surface area contributed by atoms with Crippen LogP contribution < -0.4 is 5.32 Å². The Balaban J connectivity index is 4.56. The molecule has 0 aliphatic heterocycles. The zero-order valence-corrected chi connectivity index (χ0v) is 12.9. The second-order valence-electron chi connectivity index (χ2n) is 6.27. The highest BCUT2D eigenvalue weighted by molar-refractivity contribution is 5.90. The average molecular weight is 255 g/mol. The lowest BCUT2D eigenvalue weighted by molar-refractivity contribution is -0.132. The number of hydrogen-bond donors (Lipinski definition) is 1. The second-order valence-corrected chi connectivity index (χ2v) is 6.27. The normalized spacial score (nSPS) is 15.0. The first-order chi connectivity index (χ1) is 8.16. The van der Waals surface area contributed by atoms with Gasteiger partial charge in [0.05, 0.1) is 6.04 Å². The molecule has 1 N–H and O–H groups in total. The highest BCUT2D eigenvalue weighted by Gasteiger charge is 2.26. The summed E-state index contributed by atoms with van der Waals surface area (Å²) < 4.78 is 0. The molecule has 18 heavy (non-hydrogen) atoms. The zero-order valence-electron chi connectivity index (χ0n) is 12.9. The summed E-state index contributed by atoms with van der Waals surface area (Å²) in [5.74, 6) is 0.846. The van der Waals surface area contributed by atoms with Gasteiger partial charge in [0, 0.05) is 11.8 Å². The Bertz CT molecular complexity index is 282. The van der Waals surface area contributed by atoms with Crippen molar-refractivity contribution in [3.63, 3.8) is 0 Å². The molecule has 3 nitrogen and oxygen atoms in total. The Labute approximate surface area is 112 Å². The van der Waals surface area contributed by atoms with Gasteiger partial charge in [-0.15, -0.1) is 0 Å². The smallest absolute Gasteiger partial charge is 0.223 e. The monoisotopic (exact) mass is 255 g/mol. The molecule has 2 unspecified atom stereocenters. The SMILES string of the molecule is CC(C)CC(C(=O)NC(C)C(=O)C(C)C)C(C)C. The van der Waals surface area contributed by atoms with Crippen molar-refractivity contribution in [3.05, 3.63) is 0 Å². The second kappa shape index (κ2) is 7.55. The summed E-state index contributed by atoms with van der Waals surface area (Å²) >= 11 is 0. The van der Waals surface area contributed by atoms with Crippen LogP contribution in [-0.2, 0) is 9.59 Å². The summed E-state index contributed by atoms with van der Waals surface area (Å²) in [6.07, 6.45) is 0.867. The molecule has 2 atom stereocenters. The van der Waals surface area contributed by atoms with Gasteiger partial charge < -0.3 is 5.32 Å². The molecule has 0 heterocycles. The van der Waals surface area contributed by atoms with E-state index in [9.17, 15) is 9.59 Å². The molecule has 0 saturated heterocycles. The number of carbonyl (C=O) groups excluding carboxylic acids is 2. The molecule has 0 fully saturated rings. The van der Waals surface area contributed by atoms with Crippen molar-refractivity contribution in [2.24, 2.45) is 23.7 Å². The maximum absolute atomic E-state index is 12.2. The third-order valence-corrected chi connectivity index (χ3v) is 3.22. The van der Waals surface area contributed by atoms with Crippen molar-refractivity contribution in [1.82, 2.24) is 5.32 Å². The van der Waals surface area contributed by atoms with E-state index in [2.05, 4.69) is 33.0 Å². The molecule has 0 spiro atoms. The highest BCUT2D eigenvalue weighted by Crippen LogP contribution is 2.20. The van der Waals surface area contributed by atoms with Crippen LogP contribution in [-0.4, -0.2) is 17.7 Å². The fourth-order valence-corrected chi connectivity index (χ4v) is 2.08. The lowest BCUT2D eigenvalue weighted by Gasteiger charge is -2.24. The number of ketones is 1. The third-order valence-electron chi connectivity index (χ3n) is 3.22. The number of nitrogens with one attached hydrogen (secondary N) is 1. The first kappa shape index (κ1) is 17.1. The van der Waals surface area contributed by atoms with Gasteiger partial charge in [0.25, 0.3) is 0 Å². The molecule has 106 valence electrons. The van der Waals surface area contributed by atoms with E-state index in [1.54, 1.807) is 6.92 Å². The molecular weight excluding hydrogens is 226 g/mol. The standard InChI is InChI=1S/C15H29NO2/c1-9(2)8-13(10(3)4)15(18)16-12(7)14(17)11(5)6/h9-13H,8H2,1-7H3,(H,16,18). The molecule has 3 heteroatoms. The van der Waals surface area contributed by atoms with Gasteiger partial charge in [-0.3, -0.25) is 9.59 Å². The van der Waals surface area contributed by atoms with Gasteiger partial charge in [-0.25, -0.2) is 0 Å². The molecular formula is C15H29NO2. The number of hydrogen-bond acceptors (Lipinski definition) is 2. The van der Waals surface area contributed by atoms with Crippen molar-refractivity contribution in [3.8, 4) is 0 Å². The van der Waals surface area contributed by atoms with E-state index in [1.807, 2.05) is 13.8 Å². The van der Waals surface area contributed by atoms with Crippen molar-refractivity contribution < 1.29 is 9.59 Å². The maximum atomic E-state index is 12.2. The van der Waals surface area contributed by atoms with Crippen molar-refractivity contribution in [2.45, 2.75) is 60.9 Å². The summed E-state index contributed by atoms with van der Waals surface area (Å²) in [6, 6.07) is -0.383. The first-order valence-corrected chi connectivity index (χ1v) is 7.00. The Hall–Kier alpha value is -0.860. The van der Waals surface area contributed by atoms with E-state index in [-0.39, 0.29) is 29.6 Å². The van der Waals surface area contributed by atoms with Crippen LogP contribution in [0.15, 0.2) is 0 Å². The molecule has 0 saturated carbocycles. The molecule has 1 amide bonds. The van der Waals surface area contributed by atoms with E-state index >= 15 is 0 Å². The molecule has 0 aromatic rings. The van der Waals surface area contributed by atoms with Crippen LogP contribution in [0, 0.1) is 23.7 Å². The minimum absolute atomic E-state index is 0.00703. The third kappa shape index (κ3) is 5.65. The number of amides is 1. The highest BCUT2D eigenvalue weighted by atomic mass is 16.2. The van der Waals surface area contributed by atoms with E-state index in [4.69, 9.17) is 0 Å². The Morgan fingerprint density at radius 3 is 1.78 bits per heavy atom. The van der Waals surface area contributed by atoms with Crippen LogP contribution in [0.4, 0.5) is 0 Å². The van der Waals surface area contributed by atoms with Crippen molar-refractivity contribution >= 4 is 11.7 Å². The van der Waals surface area contributed by atoms with E-state index in [0.717, 1.165) is 6.42 Å². The van der Waals surface area contributed by atoms with Gasteiger partial charge in [-0.05, 0) is 25.2 Å². The summed E-state index contributed by atoms with van der Waals surface area (Å²) in [7, 11) is 0. The largest absolute Gasteiger partial charge is 0.346 e. The topological polar surface area (TPSA) is 46.2 Å². The number of Topliss-reactive ketones (excluding diaryl/α,β-unsaturated/α-hetero) is 1. The Morgan fingerprint density at radius 1 is 0.944 bits per heavy atom. The average Bonchev–Trinajstić information content (AvgIpc) is 2.23. The van der Waals surface area contributed by atoms with E-state index in [1.165, 1.54) is 0 Å². The Morgan fingerprint density at radius 2 is 1.44 bits per heavy atom. The van der Waals surface area contributed by atoms with Crippen LogP contribution in [0.2, 0.25) is 0 Å². The minimum atomic E-state index is -0.383. The van der Waals surface area contributed by atoms with Crippen LogP contribution in [0.25, 0.3) is 0 Å². The first-order valence-electron chi connectivity index (χ1n) is 7.00. The fraction of sp³-hybridized carbons (Fsp3) is 0.867. The van der Waals surface area contributed by atoms with Gasteiger partial charge in [0.2, 0.25) is 5.91 Å². The summed E-state index contributed by atoms with van der Waals surface area (Å²) in [5.41, 5.74) is 0. The van der Waals surface area contributed by atoms with Gasteiger partial charge in [0.1, 0.15) is 0 Å². The molecule has 0 rings (SSSR count). The number of rotatable bonds is 7. The molecule has 0 aromatic heterocycles. The van der Waals surface area contributed by atoms with Crippen LogP contribution in [0.1, 0.15) is 54.9 Å². The fourth-order valence-electron chi connectivity index (χ4n) is 2.08. The van der Waals surface area contributed by atoms with Crippen LogP contribution in [0.3, 0.4) is 0 Å².